The Hall–Kier alpha value is -3.58. The van der Waals surface area contributed by atoms with Crippen molar-refractivity contribution in [2.45, 2.75) is 18.9 Å². The van der Waals surface area contributed by atoms with Gasteiger partial charge < -0.3 is 14.8 Å². The van der Waals surface area contributed by atoms with Crippen molar-refractivity contribution in [1.29, 1.82) is 0 Å². The number of likely N-dealkylation sites (tertiary alicyclic amines) is 1. The summed E-state index contributed by atoms with van der Waals surface area (Å²) in [6.07, 6.45) is 8.12. The third-order valence-corrected chi connectivity index (χ3v) is 5.92. The van der Waals surface area contributed by atoms with Crippen molar-refractivity contribution < 1.29 is 14.3 Å². The molecule has 32 heavy (non-hydrogen) atoms. The quantitative estimate of drug-likeness (QED) is 0.634. The number of fused-ring (bicyclic) bond motifs is 1. The van der Waals surface area contributed by atoms with Gasteiger partial charge in [0.1, 0.15) is 5.82 Å². The molecule has 0 unspecified atom stereocenters. The molecule has 5 rings (SSSR count). The summed E-state index contributed by atoms with van der Waals surface area (Å²) < 4.78 is 12.6. The van der Waals surface area contributed by atoms with E-state index in [1.54, 1.807) is 24.4 Å². The maximum absolute atomic E-state index is 12.8. The van der Waals surface area contributed by atoms with Gasteiger partial charge >= 0.3 is 0 Å². The van der Waals surface area contributed by atoms with Crippen LogP contribution in [0.15, 0.2) is 66.9 Å². The zero-order valence-corrected chi connectivity index (χ0v) is 17.8. The Morgan fingerprint density at radius 2 is 1.88 bits per heavy atom. The number of rotatable bonds is 6. The Balaban J connectivity index is 1.16. The lowest BCUT2D eigenvalue weighted by Crippen LogP contribution is -2.35. The van der Waals surface area contributed by atoms with Gasteiger partial charge in [0.05, 0.1) is 12.2 Å². The zero-order valence-electron chi connectivity index (χ0n) is 17.8. The van der Waals surface area contributed by atoms with E-state index in [0.29, 0.717) is 17.1 Å². The molecule has 7 nitrogen and oxygen atoms in total. The van der Waals surface area contributed by atoms with Crippen LogP contribution in [0, 0.1) is 0 Å². The van der Waals surface area contributed by atoms with E-state index in [-0.39, 0.29) is 18.7 Å². The molecular formula is C25H26N4O3. The molecule has 2 aliphatic rings. The minimum absolute atomic E-state index is 0.187. The standard InChI is InChI=1S/C25H26N4O3/c30-25(20-8-9-22-23(17-20)32-18-31-22)27-24-10-13-26-29(24)21-11-15-28(16-12-21)14-4-7-19-5-2-1-3-6-19/h1-10,13,17,21H,11-12,14-16,18H2,(H,27,30). The lowest BCUT2D eigenvalue weighted by atomic mass is 10.1. The van der Waals surface area contributed by atoms with Crippen molar-refractivity contribution in [2.75, 3.05) is 31.7 Å². The predicted molar refractivity (Wildman–Crippen MR) is 123 cm³/mol. The second-order valence-corrected chi connectivity index (χ2v) is 8.03. The highest BCUT2D eigenvalue weighted by atomic mass is 16.7. The van der Waals surface area contributed by atoms with E-state index in [0.717, 1.165) is 38.3 Å². The smallest absolute Gasteiger partial charge is 0.256 e. The highest BCUT2D eigenvalue weighted by Crippen LogP contribution is 2.33. The largest absolute Gasteiger partial charge is 0.454 e. The van der Waals surface area contributed by atoms with Crippen LogP contribution < -0.4 is 14.8 Å². The van der Waals surface area contributed by atoms with Crippen LogP contribution in [0.2, 0.25) is 0 Å². The van der Waals surface area contributed by atoms with Gasteiger partial charge in [0.25, 0.3) is 5.91 Å². The first kappa shape index (κ1) is 20.3. The van der Waals surface area contributed by atoms with Gasteiger partial charge in [0.2, 0.25) is 6.79 Å². The van der Waals surface area contributed by atoms with Crippen LogP contribution in [0.25, 0.3) is 6.08 Å². The SMILES string of the molecule is O=C(Nc1ccnn1C1CCN(CC=Cc2ccccc2)CC1)c1ccc2c(c1)OCO2. The molecule has 0 bridgehead atoms. The summed E-state index contributed by atoms with van der Waals surface area (Å²) in [6, 6.07) is 17.7. The molecule has 2 aliphatic heterocycles. The van der Waals surface area contributed by atoms with E-state index < -0.39 is 0 Å². The maximum Gasteiger partial charge on any atom is 0.256 e. The van der Waals surface area contributed by atoms with Crippen LogP contribution in [0.1, 0.15) is 34.8 Å². The average Bonchev–Trinajstić information content (AvgIpc) is 3.49. The number of benzene rings is 2. The number of carbonyl (C=O) groups is 1. The molecule has 2 aromatic carbocycles. The summed E-state index contributed by atoms with van der Waals surface area (Å²) in [4.78, 5) is 15.2. The molecule has 1 amide bonds. The third kappa shape index (κ3) is 4.53. The molecule has 0 aliphatic carbocycles. The van der Waals surface area contributed by atoms with Crippen molar-refractivity contribution in [3.63, 3.8) is 0 Å². The fourth-order valence-electron chi connectivity index (χ4n) is 4.18. The van der Waals surface area contributed by atoms with Gasteiger partial charge in [-0.1, -0.05) is 42.5 Å². The molecule has 164 valence electrons. The Labute approximate surface area is 187 Å². The van der Waals surface area contributed by atoms with Crippen LogP contribution in [0.5, 0.6) is 11.5 Å². The molecule has 0 radical (unpaired) electrons. The summed E-state index contributed by atoms with van der Waals surface area (Å²) in [6.45, 7) is 3.13. The molecular weight excluding hydrogens is 404 g/mol. The number of hydrogen-bond acceptors (Lipinski definition) is 5. The number of amides is 1. The molecule has 1 aromatic heterocycles. The first-order chi connectivity index (χ1) is 15.8. The molecule has 1 N–H and O–H groups in total. The third-order valence-electron chi connectivity index (χ3n) is 5.92. The Morgan fingerprint density at radius 1 is 1.06 bits per heavy atom. The summed E-state index contributed by atoms with van der Waals surface area (Å²) >= 11 is 0. The number of piperidine rings is 1. The number of carbonyl (C=O) groups excluding carboxylic acids is 1. The minimum Gasteiger partial charge on any atom is -0.454 e. The Kier molecular flexibility index (Phi) is 5.89. The van der Waals surface area contributed by atoms with E-state index in [2.05, 4.69) is 51.7 Å². The first-order valence-electron chi connectivity index (χ1n) is 10.9. The van der Waals surface area contributed by atoms with Crippen LogP contribution in [-0.2, 0) is 0 Å². The predicted octanol–water partition coefficient (Wildman–Crippen LogP) is 4.21. The summed E-state index contributed by atoms with van der Waals surface area (Å²) in [5, 5.41) is 7.50. The van der Waals surface area contributed by atoms with Crippen molar-refractivity contribution in [2.24, 2.45) is 0 Å². The number of ether oxygens (including phenoxy) is 2. The molecule has 1 fully saturated rings. The van der Waals surface area contributed by atoms with E-state index in [4.69, 9.17) is 9.47 Å². The molecule has 1 saturated heterocycles. The zero-order chi connectivity index (χ0) is 21.8. The van der Waals surface area contributed by atoms with E-state index in [1.807, 2.05) is 16.8 Å². The highest BCUT2D eigenvalue weighted by Gasteiger charge is 2.23. The van der Waals surface area contributed by atoms with Gasteiger partial charge in [0, 0.05) is 31.3 Å². The van der Waals surface area contributed by atoms with E-state index >= 15 is 0 Å². The highest BCUT2D eigenvalue weighted by molar-refractivity contribution is 6.04. The number of aromatic nitrogens is 2. The minimum atomic E-state index is -0.187. The van der Waals surface area contributed by atoms with Crippen LogP contribution in [-0.4, -0.2) is 47.0 Å². The van der Waals surface area contributed by atoms with Crippen molar-refractivity contribution >= 4 is 17.8 Å². The fraction of sp³-hybridized carbons (Fsp3) is 0.280. The monoisotopic (exact) mass is 430 g/mol. The van der Waals surface area contributed by atoms with Gasteiger partial charge in [-0.05, 0) is 36.6 Å². The summed E-state index contributed by atoms with van der Waals surface area (Å²) in [7, 11) is 0. The van der Waals surface area contributed by atoms with Gasteiger partial charge in [-0.25, -0.2) is 4.68 Å². The molecule has 3 aromatic rings. The number of nitrogens with one attached hydrogen (secondary N) is 1. The van der Waals surface area contributed by atoms with Gasteiger partial charge in [0.15, 0.2) is 11.5 Å². The van der Waals surface area contributed by atoms with Gasteiger partial charge in [-0.15, -0.1) is 0 Å². The Morgan fingerprint density at radius 3 is 2.72 bits per heavy atom. The van der Waals surface area contributed by atoms with Gasteiger partial charge in [-0.3, -0.25) is 9.69 Å². The van der Waals surface area contributed by atoms with E-state index in [9.17, 15) is 4.79 Å². The van der Waals surface area contributed by atoms with E-state index in [1.165, 1.54) is 5.56 Å². The fourth-order valence-corrected chi connectivity index (χ4v) is 4.18. The van der Waals surface area contributed by atoms with Crippen LogP contribution in [0.3, 0.4) is 0 Å². The summed E-state index contributed by atoms with van der Waals surface area (Å²) in [5.41, 5.74) is 1.75. The summed E-state index contributed by atoms with van der Waals surface area (Å²) in [5.74, 6) is 1.79. The molecule has 7 heteroatoms. The van der Waals surface area contributed by atoms with Crippen molar-refractivity contribution in [3.8, 4) is 11.5 Å². The molecule has 0 spiro atoms. The molecule has 0 saturated carbocycles. The topological polar surface area (TPSA) is 68.6 Å². The molecule has 0 atom stereocenters. The molecule has 3 heterocycles. The number of anilines is 1. The van der Waals surface area contributed by atoms with Crippen LogP contribution >= 0.6 is 0 Å². The second-order valence-electron chi connectivity index (χ2n) is 8.03. The second kappa shape index (κ2) is 9.28. The normalized spacial score (nSPS) is 16.5. The average molecular weight is 431 g/mol. The van der Waals surface area contributed by atoms with Crippen molar-refractivity contribution in [3.05, 3.63) is 78.0 Å². The Bertz CT molecular complexity index is 1100. The lowest BCUT2D eigenvalue weighted by molar-refractivity contribution is 0.102. The number of hydrogen-bond donors (Lipinski definition) is 1. The van der Waals surface area contributed by atoms with Gasteiger partial charge in [-0.2, -0.15) is 5.10 Å². The first-order valence-corrected chi connectivity index (χ1v) is 10.9. The van der Waals surface area contributed by atoms with Crippen LogP contribution in [0.4, 0.5) is 5.82 Å². The maximum atomic E-state index is 12.8. The lowest BCUT2D eigenvalue weighted by Gasteiger charge is -2.32. The van der Waals surface area contributed by atoms with Crippen molar-refractivity contribution in [1.82, 2.24) is 14.7 Å². The number of nitrogens with zero attached hydrogens (tertiary/aromatic N) is 3.